The largest absolute Gasteiger partial charge is 0.369 e. The van der Waals surface area contributed by atoms with Gasteiger partial charge in [0.15, 0.2) is 0 Å². The summed E-state index contributed by atoms with van der Waals surface area (Å²) < 4.78 is 1.96. The Hall–Kier alpha value is -1.91. The van der Waals surface area contributed by atoms with E-state index in [1.165, 1.54) is 0 Å². The molecule has 5 heteroatoms. The van der Waals surface area contributed by atoms with Crippen molar-refractivity contribution in [2.45, 2.75) is 26.8 Å². The molecular formula is C12H17N5. The molecule has 0 saturated carbocycles. The molecule has 0 aliphatic carbocycles. The van der Waals surface area contributed by atoms with Crippen LogP contribution in [-0.4, -0.2) is 26.3 Å². The highest BCUT2D eigenvalue weighted by molar-refractivity contribution is 5.55. The zero-order valence-electron chi connectivity index (χ0n) is 10.2. The van der Waals surface area contributed by atoms with Crippen LogP contribution in [0.25, 0.3) is 11.4 Å². The van der Waals surface area contributed by atoms with Gasteiger partial charge in [-0.3, -0.25) is 9.67 Å². The second kappa shape index (κ2) is 5.43. The van der Waals surface area contributed by atoms with E-state index in [9.17, 15) is 0 Å². The number of nitrogens with one attached hydrogen (secondary N) is 1. The van der Waals surface area contributed by atoms with Crippen LogP contribution in [0.3, 0.4) is 0 Å². The van der Waals surface area contributed by atoms with Crippen molar-refractivity contribution in [2.24, 2.45) is 0 Å². The lowest BCUT2D eigenvalue weighted by atomic mass is 10.3. The monoisotopic (exact) mass is 231 g/mol. The summed E-state index contributed by atoms with van der Waals surface area (Å²) in [6.07, 6.45) is 6.35. The highest BCUT2D eigenvalue weighted by atomic mass is 15.3. The first-order valence-electron chi connectivity index (χ1n) is 5.93. The highest BCUT2D eigenvalue weighted by Gasteiger charge is 2.07. The van der Waals surface area contributed by atoms with Crippen molar-refractivity contribution in [3.05, 3.63) is 24.7 Å². The fourth-order valence-electron chi connectivity index (χ4n) is 1.70. The van der Waals surface area contributed by atoms with Gasteiger partial charge in [0.2, 0.25) is 0 Å². The maximum atomic E-state index is 4.51. The molecule has 17 heavy (non-hydrogen) atoms. The van der Waals surface area contributed by atoms with Gasteiger partial charge in [-0.05, 0) is 19.4 Å². The number of hydrogen-bond donors (Lipinski definition) is 1. The molecule has 0 unspecified atom stereocenters. The Bertz CT molecular complexity index is 477. The predicted octanol–water partition coefficient (Wildman–Crippen LogP) is 2.18. The number of anilines is 1. The van der Waals surface area contributed by atoms with E-state index in [1.807, 2.05) is 17.7 Å². The van der Waals surface area contributed by atoms with Crippen LogP contribution in [0, 0.1) is 0 Å². The third kappa shape index (κ3) is 2.61. The molecule has 5 nitrogen and oxygen atoms in total. The minimum atomic E-state index is 0.800. The smallest absolute Gasteiger partial charge is 0.145 e. The molecule has 0 fully saturated rings. The zero-order valence-corrected chi connectivity index (χ0v) is 10.2. The maximum Gasteiger partial charge on any atom is 0.145 e. The molecule has 2 aromatic heterocycles. The second-order valence-electron chi connectivity index (χ2n) is 3.76. The van der Waals surface area contributed by atoms with Crippen LogP contribution >= 0.6 is 0 Å². The number of hydrogen-bond acceptors (Lipinski definition) is 4. The number of nitrogens with zero attached hydrogens (tertiary/aromatic N) is 4. The van der Waals surface area contributed by atoms with Crippen LogP contribution in [0.5, 0.6) is 0 Å². The van der Waals surface area contributed by atoms with E-state index in [4.69, 9.17) is 0 Å². The van der Waals surface area contributed by atoms with Gasteiger partial charge in [0.25, 0.3) is 0 Å². The van der Waals surface area contributed by atoms with Crippen molar-refractivity contribution in [1.29, 1.82) is 0 Å². The maximum absolute atomic E-state index is 4.51. The quantitative estimate of drug-likeness (QED) is 0.857. The van der Waals surface area contributed by atoms with E-state index in [-0.39, 0.29) is 0 Å². The molecule has 2 heterocycles. The molecule has 0 spiro atoms. The van der Waals surface area contributed by atoms with Crippen LogP contribution in [0.4, 0.5) is 5.82 Å². The molecule has 1 N–H and O–H groups in total. The van der Waals surface area contributed by atoms with Gasteiger partial charge in [0.05, 0.1) is 18.1 Å². The molecule has 0 aliphatic rings. The molecular weight excluding hydrogens is 214 g/mol. The fourth-order valence-corrected chi connectivity index (χ4v) is 1.70. The summed E-state index contributed by atoms with van der Waals surface area (Å²) in [6, 6.07) is 1.97. The Morgan fingerprint density at radius 1 is 1.29 bits per heavy atom. The van der Waals surface area contributed by atoms with Crippen LogP contribution in [0.15, 0.2) is 24.7 Å². The zero-order chi connectivity index (χ0) is 12.1. The Morgan fingerprint density at radius 2 is 2.18 bits per heavy atom. The van der Waals surface area contributed by atoms with Crippen LogP contribution in [0.2, 0.25) is 0 Å². The summed E-state index contributed by atoms with van der Waals surface area (Å²) >= 11 is 0. The van der Waals surface area contributed by atoms with Gasteiger partial charge in [-0.1, -0.05) is 6.92 Å². The van der Waals surface area contributed by atoms with Gasteiger partial charge in [-0.2, -0.15) is 5.10 Å². The lowest BCUT2D eigenvalue weighted by Crippen LogP contribution is -2.04. The summed E-state index contributed by atoms with van der Waals surface area (Å²) in [7, 11) is 0. The Balaban J connectivity index is 2.31. The molecule has 0 atom stereocenters. The molecule has 90 valence electrons. The van der Waals surface area contributed by atoms with E-state index >= 15 is 0 Å². The van der Waals surface area contributed by atoms with Crippen molar-refractivity contribution in [2.75, 3.05) is 11.9 Å². The second-order valence-corrected chi connectivity index (χ2v) is 3.76. The number of aromatic nitrogens is 4. The summed E-state index contributed by atoms with van der Waals surface area (Å²) in [4.78, 5) is 8.71. The van der Waals surface area contributed by atoms with Gasteiger partial charge >= 0.3 is 0 Å². The number of aryl methyl sites for hydroxylation is 1. The standard InChI is InChI=1S/C12H17N5/c1-3-7-17-11(5-6-15-17)10-8-13-9-12(16-10)14-4-2/h5-6,8-9H,3-4,7H2,1-2H3,(H,14,16). The van der Waals surface area contributed by atoms with E-state index in [0.717, 1.165) is 36.7 Å². The minimum absolute atomic E-state index is 0.800. The number of rotatable bonds is 5. The Morgan fingerprint density at radius 3 is 2.94 bits per heavy atom. The van der Waals surface area contributed by atoms with E-state index in [1.54, 1.807) is 18.6 Å². The minimum Gasteiger partial charge on any atom is -0.369 e. The first-order chi connectivity index (χ1) is 8.35. The highest BCUT2D eigenvalue weighted by Crippen LogP contribution is 2.17. The van der Waals surface area contributed by atoms with E-state index < -0.39 is 0 Å². The average molecular weight is 231 g/mol. The topological polar surface area (TPSA) is 55.6 Å². The molecule has 0 bridgehead atoms. The summed E-state index contributed by atoms with van der Waals surface area (Å²) in [6.45, 7) is 5.91. The fraction of sp³-hybridized carbons (Fsp3) is 0.417. The molecule has 0 saturated heterocycles. The summed E-state index contributed by atoms with van der Waals surface area (Å²) in [5, 5.41) is 7.44. The molecule has 2 aromatic rings. The molecule has 0 aliphatic heterocycles. The molecule has 0 amide bonds. The van der Waals surface area contributed by atoms with Gasteiger partial charge in [-0.15, -0.1) is 0 Å². The van der Waals surface area contributed by atoms with E-state index in [2.05, 4.69) is 27.3 Å². The van der Waals surface area contributed by atoms with Gasteiger partial charge in [-0.25, -0.2) is 4.98 Å². The SMILES string of the molecule is CCCn1nccc1-c1cncc(NCC)n1. The van der Waals surface area contributed by atoms with Crippen molar-refractivity contribution in [3.63, 3.8) is 0 Å². The Labute approximate surface area is 101 Å². The lowest BCUT2D eigenvalue weighted by Gasteiger charge is -2.07. The molecule has 0 radical (unpaired) electrons. The summed E-state index contributed by atoms with van der Waals surface area (Å²) in [5.74, 6) is 0.800. The van der Waals surface area contributed by atoms with E-state index in [0.29, 0.717) is 0 Å². The van der Waals surface area contributed by atoms with Crippen LogP contribution in [0.1, 0.15) is 20.3 Å². The van der Waals surface area contributed by atoms with Crippen molar-refractivity contribution >= 4 is 5.82 Å². The van der Waals surface area contributed by atoms with Crippen molar-refractivity contribution < 1.29 is 0 Å². The average Bonchev–Trinajstić information content (AvgIpc) is 2.79. The summed E-state index contributed by atoms with van der Waals surface area (Å²) in [5.41, 5.74) is 1.87. The molecule has 2 rings (SSSR count). The predicted molar refractivity (Wildman–Crippen MR) is 67.7 cm³/mol. The van der Waals surface area contributed by atoms with Crippen LogP contribution < -0.4 is 5.32 Å². The first-order valence-corrected chi connectivity index (χ1v) is 5.93. The lowest BCUT2D eigenvalue weighted by molar-refractivity contribution is 0.608. The Kier molecular flexibility index (Phi) is 3.69. The third-order valence-corrected chi connectivity index (χ3v) is 2.41. The van der Waals surface area contributed by atoms with Crippen LogP contribution in [-0.2, 0) is 6.54 Å². The normalized spacial score (nSPS) is 10.5. The van der Waals surface area contributed by atoms with Gasteiger partial charge in [0.1, 0.15) is 11.5 Å². The molecule has 0 aromatic carbocycles. The van der Waals surface area contributed by atoms with Crippen molar-refractivity contribution in [3.8, 4) is 11.4 Å². The van der Waals surface area contributed by atoms with Crippen molar-refractivity contribution in [1.82, 2.24) is 19.7 Å². The van der Waals surface area contributed by atoms with Gasteiger partial charge < -0.3 is 5.32 Å². The first kappa shape index (κ1) is 11.6. The third-order valence-electron chi connectivity index (χ3n) is 2.41. The van der Waals surface area contributed by atoms with Gasteiger partial charge in [0, 0.05) is 19.3 Å².